The summed E-state index contributed by atoms with van der Waals surface area (Å²) in [6, 6.07) is 13.1. The lowest BCUT2D eigenvalue weighted by molar-refractivity contribution is -0.384. The first-order valence-electron chi connectivity index (χ1n) is 11.6. The van der Waals surface area contributed by atoms with Crippen LogP contribution in [0.5, 0.6) is 0 Å². The summed E-state index contributed by atoms with van der Waals surface area (Å²) in [7, 11) is 1.70. The van der Waals surface area contributed by atoms with Gasteiger partial charge in [0.15, 0.2) is 6.10 Å². The minimum atomic E-state index is -1.25. The summed E-state index contributed by atoms with van der Waals surface area (Å²) >= 11 is 0. The number of nitrogens with zero attached hydrogens (tertiary/aromatic N) is 4. The highest BCUT2D eigenvalue weighted by Crippen LogP contribution is 2.32. The lowest BCUT2D eigenvalue weighted by atomic mass is 10.1. The average Bonchev–Trinajstić information content (AvgIpc) is 3.47. The molecule has 1 aromatic heterocycles. The van der Waals surface area contributed by atoms with Gasteiger partial charge in [-0.3, -0.25) is 24.4 Å². The van der Waals surface area contributed by atoms with E-state index in [1.54, 1.807) is 42.9 Å². The minimum Gasteiger partial charge on any atom is -0.449 e. The van der Waals surface area contributed by atoms with Crippen LogP contribution < -0.4 is 15.8 Å². The Morgan fingerprint density at radius 2 is 1.78 bits per heavy atom. The third-order valence-electron chi connectivity index (χ3n) is 6.31. The lowest BCUT2D eigenvalue weighted by Crippen LogP contribution is -2.32. The number of nitro benzene ring substituents is 1. The standard InChI is InChI=1S/C25H27N5O6/c1-16-22(24(32)29(27(16)3)19-9-5-4-6-10-19)26-23(31)17(2)36-25(33)18-11-12-20(21(15-18)30(34)35)28-13-7-8-14-28/h4-6,9-12,15,17H,7-8,13-14H2,1-3H3,(H,26,31). The number of hydrogen-bond donors (Lipinski definition) is 1. The van der Waals surface area contributed by atoms with Gasteiger partial charge in [-0.2, -0.15) is 0 Å². The fourth-order valence-corrected chi connectivity index (χ4v) is 4.24. The van der Waals surface area contributed by atoms with Crippen molar-refractivity contribution in [2.45, 2.75) is 32.8 Å². The molecule has 1 N–H and O–H groups in total. The van der Waals surface area contributed by atoms with E-state index in [9.17, 15) is 24.5 Å². The van der Waals surface area contributed by atoms with Gasteiger partial charge < -0.3 is 15.0 Å². The maximum atomic E-state index is 13.0. The molecule has 2 aromatic carbocycles. The predicted octanol–water partition coefficient (Wildman–Crippen LogP) is 3.18. The van der Waals surface area contributed by atoms with Crippen LogP contribution in [0.3, 0.4) is 0 Å². The Morgan fingerprint density at radius 3 is 2.42 bits per heavy atom. The third kappa shape index (κ3) is 4.72. The van der Waals surface area contributed by atoms with Crippen LogP contribution in [0, 0.1) is 17.0 Å². The van der Waals surface area contributed by atoms with E-state index in [0.29, 0.717) is 30.2 Å². The molecular weight excluding hydrogens is 466 g/mol. The van der Waals surface area contributed by atoms with Crippen LogP contribution in [0.2, 0.25) is 0 Å². The summed E-state index contributed by atoms with van der Waals surface area (Å²) in [5.74, 6) is -1.57. The van der Waals surface area contributed by atoms with E-state index in [2.05, 4.69) is 5.32 Å². The Hall–Kier alpha value is -4.41. The topological polar surface area (TPSA) is 129 Å². The Kier molecular flexibility index (Phi) is 6.91. The van der Waals surface area contributed by atoms with Gasteiger partial charge in [-0.05, 0) is 51.0 Å². The van der Waals surface area contributed by atoms with Crippen LogP contribution in [0.25, 0.3) is 5.69 Å². The van der Waals surface area contributed by atoms with Crippen molar-refractivity contribution >= 4 is 28.9 Å². The van der Waals surface area contributed by atoms with E-state index in [4.69, 9.17) is 4.74 Å². The third-order valence-corrected chi connectivity index (χ3v) is 6.31. The van der Waals surface area contributed by atoms with Gasteiger partial charge in [-0.15, -0.1) is 0 Å². The molecular formula is C25H27N5O6. The SMILES string of the molecule is Cc1c(NC(=O)C(C)OC(=O)c2ccc(N3CCCC3)c([N+](=O)[O-])c2)c(=O)n(-c2ccccc2)n1C. The van der Waals surface area contributed by atoms with Crippen LogP contribution >= 0.6 is 0 Å². The van der Waals surface area contributed by atoms with Crippen molar-refractivity contribution in [1.82, 2.24) is 9.36 Å². The molecule has 3 aromatic rings. The van der Waals surface area contributed by atoms with E-state index in [1.807, 2.05) is 11.0 Å². The predicted molar refractivity (Wildman–Crippen MR) is 134 cm³/mol. The number of rotatable bonds is 7. The van der Waals surface area contributed by atoms with Crippen molar-refractivity contribution in [3.63, 3.8) is 0 Å². The molecule has 0 radical (unpaired) electrons. The first-order chi connectivity index (χ1) is 17.2. The number of esters is 1. The summed E-state index contributed by atoms with van der Waals surface area (Å²) in [4.78, 5) is 51.5. The monoisotopic (exact) mass is 493 g/mol. The number of anilines is 2. The number of carbonyl (C=O) groups excluding carboxylic acids is 2. The van der Waals surface area contributed by atoms with Crippen LogP contribution in [-0.2, 0) is 16.6 Å². The number of nitro groups is 1. The first kappa shape index (κ1) is 24.7. The summed E-state index contributed by atoms with van der Waals surface area (Å²) in [5.41, 5.74) is 1.02. The Morgan fingerprint density at radius 1 is 1.11 bits per heavy atom. The second kappa shape index (κ2) is 10.1. The molecule has 11 heteroatoms. The van der Waals surface area contributed by atoms with Crippen molar-refractivity contribution in [2.24, 2.45) is 7.05 Å². The summed E-state index contributed by atoms with van der Waals surface area (Å²) in [6.45, 7) is 4.49. The molecule has 1 unspecified atom stereocenters. The second-order valence-electron chi connectivity index (χ2n) is 8.63. The van der Waals surface area contributed by atoms with Crippen molar-refractivity contribution in [2.75, 3.05) is 23.3 Å². The molecule has 1 amide bonds. The largest absolute Gasteiger partial charge is 0.449 e. The van der Waals surface area contributed by atoms with Gasteiger partial charge in [0.05, 0.1) is 21.9 Å². The van der Waals surface area contributed by atoms with Crippen LogP contribution in [0.15, 0.2) is 53.3 Å². The number of hydrogen-bond acceptors (Lipinski definition) is 7. The smallest absolute Gasteiger partial charge is 0.339 e. The molecule has 1 fully saturated rings. The molecule has 1 atom stereocenters. The number of benzene rings is 2. The molecule has 36 heavy (non-hydrogen) atoms. The molecule has 0 saturated carbocycles. The van der Waals surface area contributed by atoms with E-state index in [1.165, 1.54) is 29.8 Å². The van der Waals surface area contributed by atoms with Crippen molar-refractivity contribution in [3.05, 3.63) is 80.3 Å². The fourth-order valence-electron chi connectivity index (χ4n) is 4.24. The van der Waals surface area contributed by atoms with Crippen molar-refractivity contribution in [3.8, 4) is 5.69 Å². The molecule has 4 rings (SSSR count). The number of amides is 1. The second-order valence-corrected chi connectivity index (χ2v) is 8.63. The zero-order valence-electron chi connectivity index (χ0n) is 20.3. The number of carbonyl (C=O) groups is 2. The molecule has 11 nitrogen and oxygen atoms in total. The van der Waals surface area contributed by atoms with Crippen molar-refractivity contribution in [1.29, 1.82) is 0 Å². The first-order valence-corrected chi connectivity index (χ1v) is 11.6. The summed E-state index contributed by atoms with van der Waals surface area (Å²) < 4.78 is 8.30. The van der Waals surface area contributed by atoms with Crippen molar-refractivity contribution < 1.29 is 19.2 Å². The molecule has 0 spiro atoms. The van der Waals surface area contributed by atoms with E-state index < -0.39 is 28.5 Å². The molecule has 1 saturated heterocycles. The van der Waals surface area contributed by atoms with E-state index >= 15 is 0 Å². The van der Waals surface area contributed by atoms with Gasteiger partial charge in [0, 0.05) is 26.2 Å². The maximum Gasteiger partial charge on any atom is 0.339 e. The van der Waals surface area contributed by atoms with Gasteiger partial charge in [0.1, 0.15) is 11.4 Å². The normalized spacial score (nSPS) is 13.9. The number of ether oxygens (including phenoxy) is 1. The Labute approximate surface area is 207 Å². The zero-order valence-corrected chi connectivity index (χ0v) is 20.3. The van der Waals surface area contributed by atoms with Gasteiger partial charge in [-0.25, -0.2) is 9.48 Å². The van der Waals surface area contributed by atoms with Crippen LogP contribution in [0.4, 0.5) is 17.1 Å². The Bertz CT molecular complexity index is 1370. The molecule has 0 aliphatic carbocycles. The van der Waals surface area contributed by atoms with Gasteiger partial charge in [0.25, 0.3) is 17.2 Å². The molecule has 0 bridgehead atoms. The number of aromatic nitrogens is 2. The number of nitrogens with one attached hydrogen (secondary N) is 1. The Balaban J connectivity index is 1.50. The maximum absolute atomic E-state index is 13.0. The zero-order chi connectivity index (χ0) is 26.0. The highest BCUT2D eigenvalue weighted by Gasteiger charge is 2.27. The van der Waals surface area contributed by atoms with Gasteiger partial charge in [-0.1, -0.05) is 18.2 Å². The minimum absolute atomic E-state index is 0.0355. The lowest BCUT2D eigenvalue weighted by Gasteiger charge is -2.18. The number of para-hydroxylation sites is 1. The molecule has 188 valence electrons. The molecule has 2 heterocycles. The fraction of sp³-hybridized carbons (Fsp3) is 0.320. The van der Waals surface area contributed by atoms with Gasteiger partial charge >= 0.3 is 5.97 Å². The van der Waals surface area contributed by atoms with E-state index in [-0.39, 0.29) is 16.9 Å². The highest BCUT2D eigenvalue weighted by molar-refractivity contribution is 5.98. The summed E-state index contributed by atoms with van der Waals surface area (Å²) in [6.07, 6.45) is 0.648. The highest BCUT2D eigenvalue weighted by atomic mass is 16.6. The quantitative estimate of drug-likeness (QED) is 0.304. The van der Waals surface area contributed by atoms with Gasteiger partial charge in [0.2, 0.25) is 0 Å². The van der Waals surface area contributed by atoms with E-state index in [0.717, 1.165) is 12.8 Å². The molecule has 1 aliphatic rings. The van der Waals surface area contributed by atoms with Crippen LogP contribution in [-0.4, -0.2) is 45.4 Å². The average molecular weight is 494 g/mol. The summed E-state index contributed by atoms with van der Waals surface area (Å²) in [5, 5.41) is 14.2. The molecule has 1 aliphatic heterocycles. The van der Waals surface area contributed by atoms with Crippen LogP contribution in [0.1, 0.15) is 35.8 Å².